The summed E-state index contributed by atoms with van der Waals surface area (Å²) in [5.74, 6) is -0.116. The Labute approximate surface area is 123 Å². The maximum absolute atomic E-state index is 11.9. The molecule has 2 aromatic rings. The van der Waals surface area contributed by atoms with Crippen molar-refractivity contribution in [1.82, 2.24) is 4.98 Å². The summed E-state index contributed by atoms with van der Waals surface area (Å²) in [7, 11) is 0. The van der Waals surface area contributed by atoms with Crippen LogP contribution in [0.1, 0.15) is 18.2 Å². The SMILES string of the molecule is CCc1ccccc1NC(=O)COc1c(C)[nH]ccc1=O. The van der Waals surface area contributed by atoms with Gasteiger partial charge in [0.25, 0.3) is 5.91 Å². The van der Waals surface area contributed by atoms with Gasteiger partial charge in [0.15, 0.2) is 12.4 Å². The van der Waals surface area contributed by atoms with Crippen molar-refractivity contribution in [2.24, 2.45) is 0 Å². The molecule has 0 atom stereocenters. The Balaban J connectivity index is 2.01. The summed E-state index contributed by atoms with van der Waals surface area (Å²) in [6.45, 7) is 3.54. The van der Waals surface area contributed by atoms with Gasteiger partial charge in [-0.3, -0.25) is 9.59 Å². The molecule has 0 aliphatic heterocycles. The molecule has 110 valence electrons. The molecule has 0 radical (unpaired) electrons. The molecule has 1 aromatic heterocycles. The average Bonchev–Trinajstić information content (AvgIpc) is 2.47. The number of amides is 1. The number of anilines is 1. The second kappa shape index (κ2) is 6.74. The van der Waals surface area contributed by atoms with E-state index in [2.05, 4.69) is 10.3 Å². The molecule has 0 aliphatic rings. The largest absolute Gasteiger partial charge is 0.478 e. The van der Waals surface area contributed by atoms with Crippen molar-refractivity contribution in [3.05, 3.63) is 58.0 Å². The Kier molecular flexibility index (Phi) is 4.77. The fraction of sp³-hybridized carbons (Fsp3) is 0.250. The van der Waals surface area contributed by atoms with E-state index < -0.39 is 0 Å². The van der Waals surface area contributed by atoms with Gasteiger partial charge in [0.2, 0.25) is 5.43 Å². The highest BCUT2D eigenvalue weighted by atomic mass is 16.5. The number of carbonyl (C=O) groups excluding carboxylic acids is 1. The summed E-state index contributed by atoms with van der Waals surface area (Å²) in [4.78, 5) is 26.4. The number of hydrogen-bond donors (Lipinski definition) is 2. The van der Waals surface area contributed by atoms with Gasteiger partial charge in [0, 0.05) is 18.0 Å². The van der Waals surface area contributed by atoms with Crippen molar-refractivity contribution >= 4 is 11.6 Å². The van der Waals surface area contributed by atoms with E-state index in [0.717, 1.165) is 17.7 Å². The third-order valence-corrected chi connectivity index (χ3v) is 3.12. The first kappa shape index (κ1) is 14.8. The first-order valence-electron chi connectivity index (χ1n) is 6.80. The van der Waals surface area contributed by atoms with Crippen LogP contribution in [-0.2, 0) is 11.2 Å². The smallest absolute Gasteiger partial charge is 0.262 e. The number of benzene rings is 1. The number of nitrogens with one attached hydrogen (secondary N) is 2. The number of aromatic nitrogens is 1. The van der Waals surface area contributed by atoms with E-state index in [0.29, 0.717) is 5.69 Å². The van der Waals surface area contributed by atoms with Gasteiger partial charge >= 0.3 is 0 Å². The average molecular weight is 286 g/mol. The van der Waals surface area contributed by atoms with Gasteiger partial charge in [0.05, 0.1) is 5.69 Å². The zero-order chi connectivity index (χ0) is 15.2. The predicted octanol–water partition coefficient (Wildman–Crippen LogP) is 2.26. The third-order valence-electron chi connectivity index (χ3n) is 3.12. The van der Waals surface area contributed by atoms with E-state index >= 15 is 0 Å². The first-order chi connectivity index (χ1) is 10.1. The molecule has 1 amide bonds. The van der Waals surface area contributed by atoms with E-state index in [-0.39, 0.29) is 23.7 Å². The molecule has 5 heteroatoms. The lowest BCUT2D eigenvalue weighted by Gasteiger charge is -2.11. The number of aryl methyl sites for hydroxylation is 2. The van der Waals surface area contributed by atoms with Crippen molar-refractivity contribution < 1.29 is 9.53 Å². The van der Waals surface area contributed by atoms with Gasteiger partial charge in [-0.1, -0.05) is 25.1 Å². The van der Waals surface area contributed by atoms with Crippen molar-refractivity contribution in [2.45, 2.75) is 20.3 Å². The summed E-state index contributed by atoms with van der Waals surface area (Å²) in [5.41, 5.74) is 2.18. The minimum atomic E-state index is -0.293. The minimum Gasteiger partial charge on any atom is -0.478 e. The number of ether oxygens (including phenoxy) is 1. The zero-order valence-corrected chi connectivity index (χ0v) is 12.1. The standard InChI is InChI=1S/C16H18N2O3/c1-3-12-6-4-5-7-13(12)18-15(20)10-21-16-11(2)17-9-8-14(16)19/h4-9H,3,10H2,1-2H3,(H,17,19)(H,18,20). The molecular formula is C16H18N2O3. The van der Waals surface area contributed by atoms with Crippen LogP contribution in [0, 0.1) is 6.92 Å². The zero-order valence-electron chi connectivity index (χ0n) is 12.1. The molecule has 2 N–H and O–H groups in total. The van der Waals surface area contributed by atoms with Crippen LogP contribution in [0.5, 0.6) is 5.75 Å². The Hall–Kier alpha value is -2.56. The van der Waals surface area contributed by atoms with Gasteiger partial charge in [-0.15, -0.1) is 0 Å². The summed E-state index contributed by atoms with van der Waals surface area (Å²) in [5, 5.41) is 2.79. The summed E-state index contributed by atoms with van der Waals surface area (Å²) in [6.07, 6.45) is 2.37. The normalized spacial score (nSPS) is 10.2. The Morgan fingerprint density at radius 2 is 2.05 bits per heavy atom. The van der Waals surface area contributed by atoms with Crippen LogP contribution in [0.3, 0.4) is 0 Å². The number of aromatic amines is 1. The van der Waals surface area contributed by atoms with E-state index in [1.807, 2.05) is 31.2 Å². The third kappa shape index (κ3) is 3.72. The van der Waals surface area contributed by atoms with Crippen molar-refractivity contribution in [2.75, 3.05) is 11.9 Å². The van der Waals surface area contributed by atoms with Crippen LogP contribution >= 0.6 is 0 Å². The lowest BCUT2D eigenvalue weighted by atomic mass is 10.1. The molecule has 0 unspecified atom stereocenters. The van der Waals surface area contributed by atoms with Crippen LogP contribution in [0.15, 0.2) is 41.3 Å². The maximum atomic E-state index is 11.9. The topological polar surface area (TPSA) is 71.2 Å². The number of H-pyrrole nitrogens is 1. The monoisotopic (exact) mass is 286 g/mol. The molecule has 0 fully saturated rings. The first-order valence-corrected chi connectivity index (χ1v) is 6.80. The van der Waals surface area contributed by atoms with Gasteiger partial charge in [-0.05, 0) is 25.0 Å². The minimum absolute atomic E-state index is 0.177. The van der Waals surface area contributed by atoms with Gasteiger partial charge < -0.3 is 15.0 Å². The van der Waals surface area contributed by atoms with Gasteiger partial charge in [0.1, 0.15) is 0 Å². The summed E-state index contributed by atoms with van der Waals surface area (Å²) < 4.78 is 5.32. The highest BCUT2D eigenvalue weighted by Gasteiger charge is 2.09. The lowest BCUT2D eigenvalue weighted by molar-refractivity contribution is -0.118. The second-order valence-corrected chi connectivity index (χ2v) is 4.64. The molecular weight excluding hydrogens is 268 g/mol. The number of para-hydroxylation sites is 1. The van der Waals surface area contributed by atoms with E-state index in [1.165, 1.54) is 6.07 Å². The Bertz CT molecular complexity index is 692. The molecule has 0 aliphatic carbocycles. The van der Waals surface area contributed by atoms with Gasteiger partial charge in [-0.2, -0.15) is 0 Å². The van der Waals surface area contributed by atoms with Gasteiger partial charge in [-0.25, -0.2) is 0 Å². The lowest BCUT2D eigenvalue weighted by Crippen LogP contribution is -2.23. The number of rotatable bonds is 5. The second-order valence-electron chi connectivity index (χ2n) is 4.64. The quantitative estimate of drug-likeness (QED) is 0.885. The van der Waals surface area contributed by atoms with Crippen LogP contribution in [-0.4, -0.2) is 17.5 Å². The maximum Gasteiger partial charge on any atom is 0.262 e. The van der Waals surface area contributed by atoms with Crippen LogP contribution < -0.4 is 15.5 Å². The van der Waals surface area contributed by atoms with E-state index in [1.54, 1.807) is 13.1 Å². The van der Waals surface area contributed by atoms with Crippen LogP contribution in [0.2, 0.25) is 0 Å². The fourth-order valence-electron chi connectivity index (χ4n) is 2.02. The number of pyridine rings is 1. The molecule has 0 saturated carbocycles. The summed E-state index contributed by atoms with van der Waals surface area (Å²) in [6, 6.07) is 8.96. The highest BCUT2D eigenvalue weighted by Crippen LogP contribution is 2.15. The van der Waals surface area contributed by atoms with Crippen molar-refractivity contribution in [3.8, 4) is 5.75 Å². The van der Waals surface area contributed by atoms with Crippen LogP contribution in [0.4, 0.5) is 5.69 Å². The van der Waals surface area contributed by atoms with Crippen LogP contribution in [0.25, 0.3) is 0 Å². The highest BCUT2D eigenvalue weighted by molar-refractivity contribution is 5.92. The molecule has 0 saturated heterocycles. The molecule has 2 rings (SSSR count). The molecule has 1 heterocycles. The van der Waals surface area contributed by atoms with Crippen molar-refractivity contribution in [3.63, 3.8) is 0 Å². The number of carbonyl (C=O) groups is 1. The number of hydrogen-bond acceptors (Lipinski definition) is 3. The fourth-order valence-corrected chi connectivity index (χ4v) is 2.02. The molecule has 0 spiro atoms. The molecule has 0 bridgehead atoms. The molecule has 1 aromatic carbocycles. The predicted molar refractivity (Wildman–Crippen MR) is 81.7 cm³/mol. The van der Waals surface area contributed by atoms with E-state index in [9.17, 15) is 9.59 Å². The Morgan fingerprint density at radius 1 is 1.29 bits per heavy atom. The Morgan fingerprint density at radius 3 is 2.76 bits per heavy atom. The summed E-state index contributed by atoms with van der Waals surface area (Å²) >= 11 is 0. The molecule has 5 nitrogen and oxygen atoms in total. The van der Waals surface area contributed by atoms with E-state index in [4.69, 9.17) is 4.74 Å². The molecule has 21 heavy (non-hydrogen) atoms. The van der Waals surface area contributed by atoms with Crippen molar-refractivity contribution in [1.29, 1.82) is 0 Å².